The van der Waals surface area contributed by atoms with Crippen LogP contribution in [-0.4, -0.2) is 31.4 Å². The minimum Gasteiger partial charge on any atom is -0.334 e. The smallest absolute Gasteiger partial charge is 0.206 e. The van der Waals surface area contributed by atoms with Gasteiger partial charge >= 0.3 is 0 Å². The van der Waals surface area contributed by atoms with E-state index in [-0.39, 0.29) is 12.2 Å². The SMILES string of the molecule is CCOP(CC=C(C)C(=O)C[C]=O)OCC. The summed E-state index contributed by atoms with van der Waals surface area (Å²) in [6, 6.07) is 0. The van der Waals surface area contributed by atoms with E-state index >= 15 is 0 Å². The van der Waals surface area contributed by atoms with Crippen molar-refractivity contribution < 1.29 is 18.6 Å². The second-order valence-electron chi connectivity index (χ2n) is 2.98. The van der Waals surface area contributed by atoms with Gasteiger partial charge in [0.25, 0.3) is 0 Å². The van der Waals surface area contributed by atoms with E-state index in [0.29, 0.717) is 24.9 Å². The molecule has 0 spiro atoms. The Morgan fingerprint density at radius 3 is 2.31 bits per heavy atom. The summed E-state index contributed by atoms with van der Waals surface area (Å²) in [7, 11) is -0.955. The number of hydrogen-bond donors (Lipinski definition) is 0. The van der Waals surface area contributed by atoms with Crippen LogP contribution < -0.4 is 0 Å². The first kappa shape index (κ1) is 15.4. The number of rotatable bonds is 9. The van der Waals surface area contributed by atoms with Gasteiger partial charge in [-0.3, -0.25) is 9.59 Å². The highest BCUT2D eigenvalue weighted by Gasteiger charge is 2.09. The molecule has 0 heterocycles. The van der Waals surface area contributed by atoms with Crippen LogP contribution >= 0.6 is 8.38 Å². The summed E-state index contributed by atoms with van der Waals surface area (Å²) in [4.78, 5) is 21.3. The molecule has 0 aliphatic carbocycles. The molecule has 0 aromatic heterocycles. The molecule has 16 heavy (non-hydrogen) atoms. The molecule has 0 aliphatic rings. The molecule has 0 aliphatic heterocycles. The molecular formula is C11H18O4P. The van der Waals surface area contributed by atoms with Gasteiger partial charge in [0.05, 0.1) is 19.6 Å². The summed E-state index contributed by atoms with van der Waals surface area (Å²) in [5.74, 6) is -0.196. The predicted molar refractivity (Wildman–Crippen MR) is 64.1 cm³/mol. The zero-order valence-corrected chi connectivity index (χ0v) is 10.9. The molecule has 0 rings (SSSR count). The summed E-state index contributed by atoms with van der Waals surface area (Å²) in [5.41, 5.74) is 0.565. The zero-order chi connectivity index (χ0) is 12.4. The molecule has 0 bridgehead atoms. The highest BCUT2D eigenvalue weighted by molar-refractivity contribution is 7.47. The molecule has 91 valence electrons. The third-order valence-electron chi connectivity index (χ3n) is 1.77. The lowest BCUT2D eigenvalue weighted by Crippen LogP contribution is -2.01. The Hall–Kier alpha value is -0.570. The van der Waals surface area contributed by atoms with Gasteiger partial charge in [0.1, 0.15) is 0 Å². The van der Waals surface area contributed by atoms with Crippen LogP contribution in [0, 0.1) is 0 Å². The van der Waals surface area contributed by atoms with Crippen molar-refractivity contribution in [3.05, 3.63) is 11.6 Å². The molecular weight excluding hydrogens is 227 g/mol. The van der Waals surface area contributed by atoms with Crippen LogP contribution in [0.3, 0.4) is 0 Å². The molecule has 0 N–H and O–H groups in total. The fourth-order valence-electron chi connectivity index (χ4n) is 0.961. The highest BCUT2D eigenvalue weighted by atomic mass is 31.2. The topological polar surface area (TPSA) is 52.6 Å². The van der Waals surface area contributed by atoms with E-state index in [1.165, 1.54) is 0 Å². The van der Waals surface area contributed by atoms with E-state index < -0.39 is 8.38 Å². The van der Waals surface area contributed by atoms with E-state index in [4.69, 9.17) is 9.05 Å². The summed E-state index contributed by atoms with van der Waals surface area (Å²) < 4.78 is 10.8. The van der Waals surface area contributed by atoms with Crippen molar-refractivity contribution >= 4 is 20.4 Å². The van der Waals surface area contributed by atoms with E-state index in [1.54, 1.807) is 19.3 Å². The maximum absolute atomic E-state index is 11.3. The number of hydrogen-bond acceptors (Lipinski definition) is 4. The number of carbonyl (C=O) groups excluding carboxylic acids is 2. The molecule has 0 saturated heterocycles. The first-order valence-corrected chi connectivity index (χ1v) is 6.60. The molecule has 0 saturated carbocycles. The van der Waals surface area contributed by atoms with Gasteiger partial charge in [-0.25, -0.2) is 0 Å². The lowest BCUT2D eigenvalue weighted by Gasteiger charge is -2.13. The second kappa shape index (κ2) is 9.64. The van der Waals surface area contributed by atoms with E-state index in [1.807, 2.05) is 13.8 Å². The van der Waals surface area contributed by atoms with Gasteiger partial charge in [-0.15, -0.1) is 0 Å². The first-order chi connectivity index (χ1) is 7.65. The van der Waals surface area contributed by atoms with Gasteiger partial charge in [-0.1, -0.05) is 6.08 Å². The molecule has 1 radical (unpaired) electrons. The van der Waals surface area contributed by atoms with Crippen LogP contribution in [0.2, 0.25) is 0 Å². The highest BCUT2D eigenvalue weighted by Crippen LogP contribution is 2.38. The predicted octanol–water partition coefficient (Wildman–Crippen LogP) is 2.39. The molecule has 0 atom stereocenters. The van der Waals surface area contributed by atoms with Crippen molar-refractivity contribution in [3.63, 3.8) is 0 Å². The van der Waals surface area contributed by atoms with Crippen LogP contribution in [0.4, 0.5) is 0 Å². The van der Waals surface area contributed by atoms with Crippen molar-refractivity contribution in [3.8, 4) is 0 Å². The molecule has 0 fully saturated rings. The maximum Gasteiger partial charge on any atom is 0.206 e. The largest absolute Gasteiger partial charge is 0.334 e. The van der Waals surface area contributed by atoms with Gasteiger partial charge in [-0.2, -0.15) is 0 Å². The molecule has 5 heteroatoms. The van der Waals surface area contributed by atoms with Gasteiger partial charge in [0.15, 0.2) is 14.2 Å². The van der Waals surface area contributed by atoms with Gasteiger partial charge in [0, 0.05) is 6.16 Å². The lowest BCUT2D eigenvalue weighted by molar-refractivity contribution is -0.114. The van der Waals surface area contributed by atoms with Crippen molar-refractivity contribution in [1.29, 1.82) is 0 Å². The first-order valence-electron chi connectivity index (χ1n) is 5.24. The Bertz CT molecular complexity index is 244. The Labute approximate surface area is 97.9 Å². The summed E-state index contributed by atoms with van der Waals surface area (Å²) >= 11 is 0. The molecule has 0 aromatic rings. The molecule has 0 amide bonds. The third kappa shape index (κ3) is 6.83. The third-order valence-corrected chi connectivity index (χ3v) is 3.34. The minimum atomic E-state index is -0.955. The van der Waals surface area contributed by atoms with E-state index in [9.17, 15) is 9.59 Å². The number of allylic oxidation sites excluding steroid dienone is 2. The molecule has 4 nitrogen and oxygen atoms in total. The number of ketones is 1. The average molecular weight is 245 g/mol. The van der Waals surface area contributed by atoms with Crippen LogP contribution in [0.25, 0.3) is 0 Å². The van der Waals surface area contributed by atoms with Crippen molar-refractivity contribution in [1.82, 2.24) is 0 Å². The summed E-state index contributed by atoms with van der Waals surface area (Å²) in [6.07, 6.45) is 3.75. The van der Waals surface area contributed by atoms with Crippen molar-refractivity contribution in [2.45, 2.75) is 27.2 Å². The quantitative estimate of drug-likeness (QED) is 0.355. The van der Waals surface area contributed by atoms with Crippen LogP contribution in [0.15, 0.2) is 11.6 Å². The Morgan fingerprint density at radius 2 is 1.88 bits per heavy atom. The number of Topliss-reactive ketones (excluding diaryl/α,β-unsaturated/α-hetero) is 1. The lowest BCUT2D eigenvalue weighted by atomic mass is 10.1. The Kier molecular flexibility index (Phi) is 9.30. The molecule has 0 unspecified atom stereocenters. The zero-order valence-electron chi connectivity index (χ0n) is 9.99. The normalized spacial score (nSPS) is 11.9. The standard InChI is InChI=1S/C11H18O4P/c1-4-14-16(15-5-2)9-7-10(3)11(13)6-8-12/h7H,4-6,9H2,1-3H3. The summed E-state index contributed by atoms with van der Waals surface area (Å²) in [5, 5.41) is 0. The van der Waals surface area contributed by atoms with Crippen LogP contribution in [-0.2, 0) is 18.6 Å². The summed E-state index contributed by atoms with van der Waals surface area (Å²) in [6.45, 7) is 6.67. The Balaban J connectivity index is 4.18. The average Bonchev–Trinajstić information content (AvgIpc) is 2.26. The fourth-order valence-corrected chi connectivity index (χ4v) is 2.25. The monoisotopic (exact) mass is 245 g/mol. The van der Waals surface area contributed by atoms with Crippen LogP contribution in [0.1, 0.15) is 27.2 Å². The van der Waals surface area contributed by atoms with Gasteiger partial charge in [-0.05, 0) is 26.3 Å². The maximum atomic E-state index is 11.3. The van der Waals surface area contributed by atoms with Gasteiger partial charge < -0.3 is 9.05 Å². The number of carbonyl (C=O) groups is 1. The fraction of sp³-hybridized carbons (Fsp3) is 0.636. The minimum absolute atomic E-state index is 0.177. The second-order valence-corrected chi connectivity index (χ2v) is 4.53. The van der Waals surface area contributed by atoms with E-state index in [0.717, 1.165) is 0 Å². The molecule has 0 aromatic carbocycles. The Morgan fingerprint density at radius 1 is 1.31 bits per heavy atom. The van der Waals surface area contributed by atoms with E-state index in [2.05, 4.69) is 0 Å². The van der Waals surface area contributed by atoms with Gasteiger partial charge in [0.2, 0.25) is 6.29 Å². The van der Waals surface area contributed by atoms with Crippen molar-refractivity contribution in [2.75, 3.05) is 19.4 Å². The van der Waals surface area contributed by atoms with Crippen LogP contribution in [0.5, 0.6) is 0 Å². The van der Waals surface area contributed by atoms with Crippen molar-refractivity contribution in [2.24, 2.45) is 0 Å².